The molecule has 0 aliphatic rings. The summed E-state index contributed by atoms with van der Waals surface area (Å²) in [4.78, 5) is 10.5. The van der Waals surface area contributed by atoms with Crippen molar-refractivity contribution in [2.75, 3.05) is 0 Å². The number of benzene rings is 2. The zero-order valence-electron chi connectivity index (χ0n) is 9.99. The van der Waals surface area contributed by atoms with E-state index in [4.69, 9.17) is 0 Å². The van der Waals surface area contributed by atoms with Crippen molar-refractivity contribution in [3.8, 4) is 0 Å². The molecule has 2 aromatic carbocycles. The van der Waals surface area contributed by atoms with E-state index < -0.39 is 11.0 Å². The Kier molecular flexibility index (Phi) is 4.49. The van der Waals surface area contributed by atoms with E-state index in [2.05, 4.69) is 22.6 Å². The van der Waals surface area contributed by atoms with Crippen LogP contribution in [0, 0.1) is 13.7 Å². The molecule has 0 saturated carbocycles. The highest BCUT2D eigenvalue weighted by Gasteiger charge is 2.16. The van der Waals surface area contributed by atoms with E-state index in [0.29, 0.717) is 5.56 Å². The van der Waals surface area contributed by atoms with Crippen LogP contribution >= 0.6 is 22.6 Å². The number of nitro benzene ring substituents is 1. The van der Waals surface area contributed by atoms with Gasteiger partial charge in [0.1, 0.15) is 0 Å². The van der Waals surface area contributed by atoms with E-state index >= 15 is 0 Å². The lowest BCUT2D eigenvalue weighted by Gasteiger charge is -2.11. The molecule has 1 unspecified atom stereocenters. The standard InChI is InChI=1S/C14H12INO3/c15-12-7-5-10(6-8-12)14(17)9-11-3-1-2-4-13(11)16(18)19/h1-8,14,17H,9H2. The zero-order chi connectivity index (χ0) is 13.8. The van der Waals surface area contributed by atoms with E-state index in [-0.39, 0.29) is 12.1 Å². The topological polar surface area (TPSA) is 63.4 Å². The molecule has 0 radical (unpaired) electrons. The first-order chi connectivity index (χ1) is 9.08. The highest BCUT2D eigenvalue weighted by atomic mass is 127. The summed E-state index contributed by atoms with van der Waals surface area (Å²) in [5.41, 5.74) is 1.35. The van der Waals surface area contributed by atoms with Crippen LogP contribution in [0.5, 0.6) is 0 Å². The summed E-state index contributed by atoms with van der Waals surface area (Å²) in [6.07, 6.45) is -0.504. The van der Waals surface area contributed by atoms with Gasteiger partial charge in [0.15, 0.2) is 0 Å². The Balaban J connectivity index is 2.21. The largest absolute Gasteiger partial charge is 0.388 e. The molecular weight excluding hydrogens is 357 g/mol. The van der Waals surface area contributed by atoms with Crippen LogP contribution in [0.1, 0.15) is 17.2 Å². The van der Waals surface area contributed by atoms with Crippen LogP contribution in [0.2, 0.25) is 0 Å². The summed E-state index contributed by atoms with van der Waals surface area (Å²) < 4.78 is 1.08. The molecule has 98 valence electrons. The van der Waals surface area contributed by atoms with Crippen molar-refractivity contribution in [3.63, 3.8) is 0 Å². The maximum absolute atomic E-state index is 10.9. The van der Waals surface area contributed by atoms with Crippen LogP contribution in [-0.2, 0) is 6.42 Å². The molecule has 4 nitrogen and oxygen atoms in total. The highest BCUT2D eigenvalue weighted by Crippen LogP contribution is 2.25. The van der Waals surface area contributed by atoms with Gasteiger partial charge in [-0.15, -0.1) is 0 Å². The Morgan fingerprint density at radius 3 is 2.42 bits per heavy atom. The normalized spacial score (nSPS) is 12.1. The van der Waals surface area contributed by atoms with E-state index in [1.54, 1.807) is 18.2 Å². The molecule has 0 aliphatic heterocycles. The minimum atomic E-state index is -0.738. The van der Waals surface area contributed by atoms with Crippen LogP contribution in [0.15, 0.2) is 48.5 Å². The first kappa shape index (κ1) is 14.0. The predicted molar refractivity (Wildman–Crippen MR) is 80.9 cm³/mol. The number of hydrogen-bond acceptors (Lipinski definition) is 3. The van der Waals surface area contributed by atoms with Crippen LogP contribution in [0.25, 0.3) is 0 Å². The molecule has 1 N–H and O–H groups in total. The van der Waals surface area contributed by atoms with E-state index in [9.17, 15) is 15.2 Å². The van der Waals surface area contributed by atoms with Gasteiger partial charge >= 0.3 is 0 Å². The van der Waals surface area contributed by atoms with E-state index in [1.807, 2.05) is 24.3 Å². The van der Waals surface area contributed by atoms with Gasteiger partial charge in [-0.05, 0) is 40.3 Å². The molecule has 0 spiro atoms. The second-order valence-electron chi connectivity index (χ2n) is 4.16. The maximum atomic E-state index is 10.9. The molecule has 2 rings (SSSR count). The molecule has 1 atom stereocenters. The van der Waals surface area contributed by atoms with Gasteiger partial charge in [-0.2, -0.15) is 0 Å². The van der Waals surface area contributed by atoms with Gasteiger partial charge in [-0.1, -0.05) is 30.3 Å². The van der Waals surface area contributed by atoms with Gasteiger partial charge in [0.05, 0.1) is 11.0 Å². The van der Waals surface area contributed by atoms with Crippen LogP contribution in [-0.4, -0.2) is 10.0 Å². The fraction of sp³-hybridized carbons (Fsp3) is 0.143. The SMILES string of the molecule is O=[N+]([O-])c1ccccc1CC(O)c1ccc(I)cc1. The highest BCUT2D eigenvalue weighted by molar-refractivity contribution is 14.1. The lowest BCUT2D eigenvalue weighted by Crippen LogP contribution is -2.04. The smallest absolute Gasteiger partial charge is 0.272 e. The minimum Gasteiger partial charge on any atom is -0.388 e. The lowest BCUT2D eigenvalue weighted by molar-refractivity contribution is -0.385. The number of aliphatic hydroxyl groups is 1. The van der Waals surface area contributed by atoms with Crippen molar-refractivity contribution in [1.29, 1.82) is 0 Å². The number of nitro groups is 1. The van der Waals surface area contributed by atoms with Gasteiger partial charge in [-0.25, -0.2) is 0 Å². The summed E-state index contributed by atoms with van der Waals surface area (Å²) in [5.74, 6) is 0. The van der Waals surface area contributed by atoms with Gasteiger partial charge in [0.2, 0.25) is 0 Å². The molecule has 0 aromatic heterocycles. The third kappa shape index (κ3) is 3.51. The third-order valence-electron chi connectivity index (χ3n) is 2.86. The zero-order valence-corrected chi connectivity index (χ0v) is 12.1. The Bertz CT molecular complexity index is 583. The van der Waals surface area contributed by atoms with Crippen LogP contribution in [0.4, 0.5) is 5.69 Å². The Hall–Kier alpha value is -1.47. The molecule has 0 saturated heterocycles. The molecule has 0 amide bonds. The second kappa shape index (κ2) is 6.12. The molecule has 0 bridgehead atoms. The molecule has 0 fully saturated rings. The van der Waals surface area contributed by atoms with Crippen LogP contribution in [0.3, 0.4) is 0 Å². The number of para-hydroxylation sites is 1. The lowest BCUT2D eigenvalue weighted by atomic mass is 10.0. The number of nitrogens with zero attached hydrogens (tertiary/aromatic N) is 1. The van der Waals surface area contributed by atoms with Gasteiger partial charge in [0.25, 0.3) is 5.69 Å². The van der Waals surface area contributed by atoms with Gasteiger partial charge in [-0.3, -0.25) is 10.1 Å². The van der Waals surface area contributed by atoms with Crippen molar-refractivity contribution in [3.05, 3.63) is 73.3 Å². The van der Waals surface area contributed by atoms with Gasteiger partial charge in [0, 0.05) is 21.6 Å². The monoisotopic (exact) mass is 369 g/mol. The quantitative estimate of drug-likeness (QED) is 0.510. The first-order valence-corrected chi connectivity index (χ1v) is 6.81. The fourth-order valence-corrected chi connectivity index (χ4v) is 2.23. The average Bonchev–Trinajstić information content (AvgIpc) is 2.39. The van der Waals surface area contributed by atoms with Gasteiger partial charge < -0.3 is 5.11 Å². The summed E-state index contributed by atoms with van der Waals surface area (Å²) in [7, 11) is 0. The Morgan fingerprint density at radius 1 is 1.16 bits per heavy atom. The van der Waals surface area contributed by atoms with Crippen molar-refractivity contribution in [2.24, 2.45) is 0 Å². The summed E-state index contributed by atoms with van der Waals surface area (Å²) >= 11 is 2.19. The van der Waals surface area contributed by atoms with Crippen LogP contribution < -0.4 is 0 Å². The number of rotatable bonds is 4. The summed E-state index contributed by atoms with van der Waals surface area (Å²) in [6, 6.07) is 14.0. The predicted octanol–water partition coefficient (Wildman–Crippen LogP) is 3.48. The van der Waals surface area contributed by atoms with E-state index in [1.165, 1.54) is 6.07 Å². The van der Waals surface area contributed by atoms with Crippen molar-refractivity contribution < 1.29 is 10.0 Å². The maximum Gasteiger partial charge on any atom is 0.272 e. The number of hydrogen-bond donors (Lipinski definition) is 1. The Morgan fingerprint density at radius 2 is 1.79 bits per heavy atom. The van der Waals surface area contributed by atoms with Crippen molar-refractivity contribution in [1.82, 2.24) is 0 Å². The summed E-state index contributed by atoms with van der Waals surface area (Å²) in [6.45, 7) is 0. The van der Waals surface area contributed by atoms with Crippen molar-refractivity contribution in [2.45, 2.75) is 12.5 Å². The molecular formula is C14H12INO3. The average molecular weight is 369 g/mol. The Labute approximate surface area is 124 Å². The molecule has 5 heteroatoms. The molecule has 19 heavy (non-hydrogen) atoms. The minimum absolute atomic E-state index is 0.0482. The molecule has 0 aliphatic carbocycles. The third-order valence-corrected chi connectivity index (χ3v) is 3.58. The number of halogens is 1. The first-order valence-electron chi connectivity index (χ1n) is 5.74. The second-order valence-corrected chi connectivity index (χ2v) is 5.40. The van der Waals surface area contributed by atoms with E-state index in [0.717, 1.165) is 9.13 Å². The molecule has 0 heterocycles. The number of aliphatic hydroxyl groups excluding tert-OH is 1. The molecule has 2 aromatic rings. The fourth-order valence-electron chi connectivity index (χ4n) is 1.87. The van der Waals surface area contributed by atoms with Crippen molar-refractivity contribution >= 4 is 28.3 Å². The summed E-state index contributed by atoms with van der Waals surface area (Å²) in [5, 5.41) is 21.1.